The van der Waals surface area contributed by atoms with Crippen molar-refractivity contribution in [2.24, 2.45) is 0 Å². The number of carbonyl (C=O) groups is 1. The number of carbonyl (C=O) groups excluding carboxylic acids is 1. The Morgan fingerprint density at radius 1 is 1.69 bits per heavy atom. The topological polar surface area (TPSA) is 50.1 Å². The third-order valence-corrected chi connectivity index (χ3v) is 3.09. The molecule has 5 heteroatoms. The van der Waals surface area contributed by atoms with Crippen LogP contribution in [-0.2, 0) is 16.0 Å². The standard InChI is InChI=1S/C11H9BrClNO2/c1-16-11(15)9(12)5-8-3-2-7(6-14)4-10(8)13/h2-4,9H,5H2,1H3. The highest BCUT2D eigenvalue weighted by atomic mass is 79.9. The van der Waals surface area contributed by atoms with Crippen molar-refractivity contribution in [3.8, 4) is 6.07 Å². The van der Waals surface area contributed by atoms with Crippen LogP contribution in [0.2, 0.25) is 5.02 Å². The highest BCUT2D eigenvalue weighted by Crippen LogP contribution is 2.21. The zero-order valence-electron chi connectivity index (χ0n) is 8.54. The van der Waals surface area contributed by atoms with Crippen LogP contribution >= 0.6 is 27.5 Å². The Balaban J connectivity index is 2.83. The fourth-order valence-corrected chi connectivity index (χ4v) is 1.98. The van der Waals surface area contributed by atoms with Gasteiger partial charge in [0.25, 0.3) is 0 Å². The number of nitrogens with zero attached hydrogens (tertiary/aromatic N) is 1. The van der Waals surface area contributed by atoms with Crippen LogP contribution in [0, 0.1) is 11.3 Å². The minimum Gasteiger partial charge on any atom is -0.468 e. The molecule has 1 atom stereocenters. The second-order valence-corrected chi connectivity index (χ2v) is 4.63. The van der Waals surface area contributed by atoms with E-state index in [0.29, 0.717) is 17.0 Å². The van der Waals surface area contributed by atoms with E-state index in [1.165, 1.54) is 7.11 Å². The monoisotopic (exact) mass is 301 g/mol. The zero-order valence-corrected chi connectivity index (χ0v) is 10.9. The molecule has 0 aliphatic carbocycles. The van der Waals surface area contributed by atoms with Crippen LogP contribution in [0.4, 0.5) is 0 Å². The lowest BCUT2D eigenvalue weighted by Crippen LogP contribution is -2.18. The number of ether oxygens (including phenoxy) is 1. The Hall–Kier alpha value is -1.05. The predicted octanol–water partition coefficient (Wildman–Crippen LogP) is 2.69. The first-order chi connectivity index (χ1) is 7.58. The number of benzene rings is 1. The Labute approximate surface area is 107 Å². The van der Waals surface area contributed by atoms with E-state index < -0.39 is 4.83 Å². The van der Waals surface area contributed by atoms with Crippen molar-refractivity contribution in [1.29, 1.82) is 5.26 Å². The zero-order chi connectivity index (χ0) is 12.1. The van der Waals surface area contributed by atoms with E-state index in [1.807, 2.05) is 6.07 Å². The summed E-state index contributed by atoms with van der Waals surface area (Å²) in [4.78, 5) is 10.8. The summed E-state index contributed by atoms with van der Waals surface area (Å²) < 4.78 is 4.59. The van der Waals surface area contributed by atoms with Crippen LogP contribution in [0.15, 0.2) is 18.2 Å². The molecule has 0 aliphatic heterocycles. The first kappa shape index (κ1) is 13.0. The summed E-state index contributed by atoms with van der Waals surface area (Å²) in [6.07, 6.45) is 0.428. The van der Waals surface area contributed by atoms with E-state index in [1.54, 1.807) is 18.2 Å². The number of hydrogen-bond acceptors (Lipinski definition) is 3. The Morgan fingerprint density at radius 2 is 2.38 bits per heavy atom. The van der Waals surface area contributed by atoms with E-state index in [0.717, 1.165) is 5.56 Å². The van der Waals surface area contributed by atoms with Crippen molar-refractivity contribution in [3.05, 3.63) is 34.3 Å². The molecule has 0 aliphatic rings. The Bertz CT molecular complexity index is 442. The largest absolute Gasteiger partial charge is 0.468 e. The summed E-state index contributed by atoms with van der Waals surface area (Å²) in [6, 6.07) is 6.97. The molecule has 0 amide bonds. The first-order valence-electron chi connectivity index (χ1n) is 4.49. The van der Waals surface area contributed by atoms with Gasteiger partial charge in [0.1, 0.15) is 4.83 Å². The van der Waals surface area contributed by atoms with Gasteiger partial charge in [-0.1, -0.05) is 33.6 Å². The average molecular weight is 303 g/mol. The number of halogens is 2. The van der Waals surface area contributed by atoms with Crippen molar-refractivity contribution >= 4 is 33.5 Å². The van der Waals surface area contributed by atoms with Crippen LogP contribution in [0.1, 0.15) is 11.1 Å². The normalized spacial score (nSPS) is 11.6. The molecule has 0 heterocycles. The van der Waals surface area contributed by atoms with Gasteiger partial charge in [0, 0.05) is 5.02 Å². The number of alkyl halides is 1. The van der Waals surface area contributed by atoms with Gasteiger partial charge in [-0.2, -0.15) is 5.26 Å². The predicted molar refractivity (Wildman–Crippen MR) is 64.6 cm³/mol. The molecule has 16 heavy (non-hydrogen) atoms. The molecule has 0 fully saturated rings. The van der Waals surface area contributed by atoms with Gasteiger partial charge >= 0.3 is 5.97 Å². The molecule has 1 aromatic rings. The van der Waals surface area contributed by atoms with Gasteiger partial charge in [-0.3, -0.25) is 4.79 Å². The van der Waals surface area contributed by atoms with Crippen molar-refractivity contribution in [2.75, 3.05) is 7.11 Å². The quantitative estimate of drug-likeness (QED) is 0.637. The molecule has 0 aromatic heterocycles. The van der Waals surface area contributed by atoms with E-state index in [9.17, 15) is 4.79 Å². The lowest BCUT2D eigenvalue weighted by molar-refractivity contribution is -0.139. The van der Waals surface area contributed by atoms with E-state index in [4.69, 9.17) is 16.9 Å². The summed E-state index contributed by atoms with van der Waals surface area (Å²) in [5.74, 6) is -0.347. The molecule has 3 nitrogen and oxygen atoms in total. The van der Waals surface area contributed by atoms with E-state index in [2.05, 4.69) is 20.7 Å². The smallest absolute Gasteiger partial charge is 0.319 e. The van der Waals surface area contributed by atoms with Crippen LogP contribution in [0.25, 0.3) is 0 Å². The van der Waals surface area contributed by atoms with Gasteiger partial charge in [0.05, 0.1) is 18.7 Å². The molecule has 1 unspecified atom stereocenters. The SMILES string of the molecule is COC(=O)C(Br)Cc1ccc(C#N)cc1Cl. The fourth-order valence-electron chi connectivity index (χ4n) is 1.19. The number of nitriles is 1. The number of rotatable bonds is 3. The number of esters is 1. The van der Waals surface area contributed by atoms with Crippen molar-refractivity contribution in [3.63, 3.8) is 0 Å². The van der Waals surface area contributed by atoms with Gasteiger partial charge in [-0.15, -0.1) is 0 Å². The minimum absolute atomic E-state index is 0.347. The van der Waals surface area contributed by atoms with Crippen molar-refractivity contribution in [2.45, 2.75) is 11.2 Å². The third kappa shape index (κ3) is 3.22. The molecule has 0 N–H and O–H groups in total. The molecule has 0 bridgehead atoms. The highest BCUT2D eigenvalue weighted by molar-refractivity contribution is 9.10. The molecule has 0 radical (unpaired) electrons. The third-order valence-electron chi connectivity index (χ3n) is 2.04. The first-order valence-corrected chi connectivity index (χ1v) is 5.78. The molecule has 0 saturated heterocycles. The molecule has 0 saturated carbocycles. The van der Waals surface area contributed by atoms with Gasteiger partial charge in [0.2, 0.25) is 0 Å². The minimum atomic E-state index is -0.428. The molecule has 1 rings (SSSR count). The Kier molecular flexibility index (Phi) is 4.78. The highest BCUT2D eigenvalue weighted by Gasteiger charge is 2.17. The van der Waals surface area contributed by atoms with Crippen molar-refractivity contribution in [1.82, 2.24) is 0 Å². The van der Waals surface area contributed by atoms with Crippen LogP contribution < -0.4 is 0 Å². The molecular weight excluding hydrogens is 293 g/mol. The van der Waals surface area contributed by atoms with Crippen molar-refractivity contribution < 1.29 is 9.53 Å². The summed E-state index contributed by atoms with van der Waals surface area (Å²) >= 11 is 9.19. The maximum atomic E-state index is 11.2. The maximum Gasteiger partial charge on any atom is 0.319 e. The molecule has 0 spiro atoms. The summed E-state index contributed by atoms with van der Waals surface area (Å²) in [5, 5.41) is 9.15. The van der Waals surface area contributed by atoms with Crippen LogP contribution in [-0.4, -0.2) is 17.9 Å². The fraction of sp³-hybridized carbons (Fsp3) is 0.273. The molecule has 1 aromatic carbocycles. The number of hydrogen-bond donors (Lipinski definition) is 0. The summed E-state index contributed by atoms with van der Waals surface area (Å²) in [5.41, 5.74) is 1.30. The second-order valence-electron chi connectivity index (χ2n) is 3.11. The molecule has 84 valence electrons. The lowest BCUT2D eigenvalue weighted by atomic mass is 10.1. The lowest BCUT2D eigenvalue weighted by Gasteiger charge is -2.09. The number of methoxy groups -OCH3 is 1. The molecular formula is C11H9BrClNO2. The van der Waals surface area contributed by atoms with Crippen LogP contribution in [0.3, 0.4) is 0 Å². The van der Waals surface area contributed by atoms with Crippen LogP contribution in [0.5, 0.6) is 0 Å². The summed E-state index contributed by atoms with van der Waals surface area (Å²) in [6.45, 7) is 0. The van der Waals surface area contributed by atoms with Gasteiger partial charge < -0.3 is 4.74 Å². The second kappa shape index (κ2) is 5.88. The van der Waals surface area contributed by atoms with Gasteiger partial charge in [0.15, 0.2) is 0 Å². The summed E-state index contributed by atoms with van der Waals surface area (Å²) in [7, 11) is 1.33. The average Bonchev–Trinajstić information content (AvgIpc) is 2.30. The van der Waals surface area contributed by atoms with E-state index in [-0.39, 0.29) is 5.97 Å². The maximum absolute atomic E-state index is 11.2. The van der Waals surface area contributed by atoms with E-state index >= 15 is 0 Å². The van der Waals surface area contributed by atoms with Gasteiger partial charge in [-0.05, 0) is 24.1 Å². The van der Waals surface area contributed by atoms with Gasteiger partial charge in [-0.25, -0.2) is 0 Å². The Morgan fingerprint density at radius 3 is 2.88 bits per heavy atom.